The molecule has 0 bridgehead atoms. The van der Waals surface area contributed by atoms with Crippen molar-refractivity contribution in [3.8, 4) is 0 Å². The van der Waals surface area contributed by atoms with Gasteiger partial charge in [0.1, 0.15) is 11.6 Å². The summed E-state index contributed by atoms with van der Waals surface area (Å²) in [7, 11) is 0. The molecule has 3 N–H and O–H groups in total. The SMILES string of the molecule is CCC(C)(C(NN)c1cc(F)cc(F)c1)N1CCOCC1. The summed E-state index contributed by atoms with van der Waals surface area (Å²) in [5, 5.41) is 0. The minimum Gasteiger partial charge on any atom is -0.379 e. The summed E-state index contributed by atoms with van der Waals surface area (Å²) in [5.74, 6) is 4.54. The largest absolute Gasteiger partial charge is 0.379 e. The monoisotopic (exact) mass is 299 g/mol. The lowest BCUT2D eigenvalue weighted by atomic mass is 9.83. The van der Waals surface area contributed by atoms with E-state index in [1.165, 1.54) is 12.1 Å². The Kier molecular flexibility index (Phi) is 5.27. The van der Waals surface area contributed by atoms with Gasteiger partial charge in [0.2, 0.25) is 0 Å². The molecule has 1 aliphatic rings. The van der Waals surface area contributed by atoms with Crippen LogP contribution in [0.5, 0.6) is 0 Å². The first-order valence-electron chi connectivity index (χ1n) is 7.26. The van der Waals surface area contributed by atoms with Gasteiger partial charge in [0.25, 0.3) is 0 Å². The standard InChI is InChI=1S/C15H23F2N3O/c1-3-15(2,20-4-6-21-7-5-20)14(19-18)11-8-12(16)10-13(17)9-11/h8-10,14,19H,3-7,18H2,1-2H3. The van der Waals surface area contributed by atoms with Gasteiger partial charge >= 0.3 is 0 Å². The predicted octanol–water partition coefficient (Wildman–Crippen LogP) is 1.97. The molecule has 1 aromatic rings. The van der Waals surface area contributed by atoms with Crippen molar-refractivity contribution in [1.29, 1.82) is 0 Å². The van der Waals surface area contributed by atoms with Crippen LogP contribution in [-0.2, 0) is 4.74 Å². The lowest BCUT2D eigenvalue weighted by Crippen LogP contribution is -2.58. The van der Waals surface area contributed by atoms with Crippen molar-refractivity contribution in [2.45, 2.75) is 31.8 Å². The molecule has 1 aliphatic heterocycles. The summed E-state index contributed by atoms with van der Waals surface area (Å²) in [6.45, 7) is 6.98. The average Bonchev–Trinajstić information content (AvgIpc) is 2.47. The minimum absolute atomic E-state index is 0.348. The van der Waals surface area contributed by atoms with Gasteiger partial charge in [0.15, 0.2) is 0 Å². The highest BCUT2D eigenvalue weighted by molar-refractivity contribution is 5.25. The van der Waals surface area contributed by atoms with E-state index in [0.717, 1.165) is 25.6 Å². The first-order chi connectivity index (χ1) is 10.0. The first-order valence-corrected chi connectivity index (χ1v) is 7.26. The maximum atomic E-state index is 13.5. The Morgan fingerprint density at radius 2 is 1.86 bits per heavy atom. The van der Waals surface area contributed by atoms with E-state index in [-0.39, 0.29) is 11.6 Å². The van der Waals surface area contributed by atoms with Crippen molar-refractivity contribution in [3.05, 3.63) is 35.4 Å². The zero-order valence-corrected chi connectivity index (χ0v) is 12.5. The summed E-state index contributed by atoms with van der Waals surface area (Å²) >= 11 is 0. The van der Waals surface area contributed by atoms with E-state index in [1.807, 2.05) is 0 Å². The van der Waals surface area contributed by atoms with Gasteiger partial charge in [-0.1, -0.05) is 6.92 Å². The number of nitrogens with two attached hydrogens (primary N) is 1. The van der Waals surface area contributed by atoms with Crippen LogP contribution >= 0.6 is 0 Å². The van der Waals surface area contributed by atoms with Crippen molar-refractivity contribution >= 4 is 0 Å². The van der Waals surface area contributed by atoms with E-state index in [9.17, 15) is 8.78 Å². The molecule has 0 radical (unpaired) electrons. The molecule has 0 amide bonds. The fourth-order valence-corrected chi connectivity index (χ4v) is 3.06. The van der Waals surface area contributed by atoms with Crippen molar-refractivity contribution in [2.75, 3.05) is 26.3 Å². The van der Waals surface area contributed by atoms with E-state index in [1.54, 1.807) is 0 Å². The second-order valence-corrected chi connectivity index (χ2v) is 5.61. The van der Waals surface area contributed by atoms with Crippen LogP contribution in [0.15, 0.2) is 18.2 Å². The van der Waals surface area contributed by atoms with Crippen molar-refractivity contribution in [3.63, 3.8) is 0 Å². The van der Waals surface area contributed by atoms with Crippen LogP contribution in [-0.4, -0.2) is 36.7 Å². The number of nitrogens with one attached hydrogen (secondary N) is 1. The third-order valence-corrected chi connectivity index (χ3v) is 4.46. The number of hydrazine groups is 1. The predicted molar refractivity (Wildman–Crippen MR) is 77.5 cm³/mol. The molecule has 4 nitrogen and oxygen atoms in total. The second-order valence-electron chi connectivity index (χ2n) is 5.61. The van der Waals surface area contributed by atoms with E-state index in [2.05, 4.69) is 24.2 Å². The first kappa shape index (κ1) is 16.3. The molecule has 1 heterocycles. The lowest BCUT2D eigenvalue weighted by Gasteiger charge is -2.47. The van der Waals surface area contributed by atoms with Gasteiger partial charge in [0, 0.05) is 24.7 Å². The number of rotatable bonds is 5. The van der Waals surface area contributed by atoms with E-state index >= 15 is 0 Å². The van der Waals surface area contributed by atoms with Crippen LogP contribution in [0.2, 0.25) is 0 Å². The Balaban J connectivity index is 2.35. The van der Waals surface area contributed by atoms with E-state index in [4.69, 9.17) is 10.6 Å². The molecular weight excluding hydrogens is 276 g/mol. The van der Waals surface area contributed by atoms with Crippen LogP contribution < -0.4 is 11.3 Å². The number of hydrogen-bond acceptors (Lipinski definition) is 4. The fourth-order valence-electron chi connectivity index (χ4n) is 3.06. The molecule has 0 saturated carbocycles. The smallest absolute Gasteiger partial charge is 0.126 e. The Morgan fingerprint density at radius 1 is 1.29 bits per heavy atom. The number of ether oxygens (including phenoxy) is 1. The number of nitrogens with zero attached hydrogens (tertiary/aromatic N) is 1. The number of benzene rings is 1. The van der Waals surface area contributed by atoms with Crippen LogP contribution in [0.4, 0.5) is 8.78 Å². The molecule has 21 heavy (non-hydrogen) atoms. The van der Waals surface area contributed by atoms with Gasteiger partial charge in [-0.25, -0.2) is 8.78 Å². The summed E-state index contributed by atoms with van der Waals surface area (Å²) in [6.07, 6.45) is 0.792. The van der Waals surface area contributed by atoms with E-state index < -0.39 is 11.6 Å². The van der Waals surface area contributed by atoms with Crippen LogP contribution in [0, 0.1) is 11.6 Å². The van der Waals surface area contributed by atoms with Crippen molar-refractivity contribution in [1.82, 2.24) is 10.3 Å². The summed E-state index contributed by atoms with van der Waals surface area (Å²) in [5.41, 5.74) is 2.92. The highest BCUT2D eigenvalue weighted by atomic mass is 19.1. The Morgan fingerprint density at radius 3 is 2.33 bits per heavy atom. The quantitative estimate of drug-likeness (QED) is 0.645. The third-order valence-electron chi connectivity index (χ3n) is 4.46. The normalized spacial score (nSPS) is 21.0. The highest BCUT2D eigenvalue weighted by Crippen LogP contribution is 2.34. The highest BCUT2D eigenvalue weighted by Gasteiger charge is 2.39. The van der Waals surface area contributed by atoms with Gasteiger partial charge in [0.05, 0.1) is 19.3 Å². The molecule has 2 unspecified atom stereocenters. The van der Waals surface area contributed by atoms with Crippen molar-refractivity contribution in [2.24, 2.45) is 5.84 Å². The number of morpholine rings is 1. The van der Waals surface area contributed by atoms with Gasteiger partial charge in [-0.05, 0) is 31.0 Å². The van der Waals surface area contributed by atoms with Gasteiger partial charge < -0.3 is 4.74 Å². The summed E-state index contributed by atoms with van der Waals surface area (Å²) in [6, 6.07) is 3.17. The third kappa shape index (κ3) is 3.40. The fraction of sp³-hybridized carbons (Fsp3) is 0.600. The topological polar surface area (TPSA) is 50.5 Å². The average molecular weight is 299 g/mol. The molecule has 0 aromatic heterocycles. The van der Waals surface area contributed by atoms with Gasteiger partial charge in [-0.2, -0.15) is 0 Å². The van der Waals surface area contributed by atoms with Crippen LogP contribution in [0.1, 0.15) is 31.9 Å². The maximum Gasteiger partial charge on any atom is 0.126 e. The number of halogens is 2. The zero-order valence-electron chi connectivity index (χ0n) is 12.5. The summed E-state index contributed by atoms with van der Waals surface area (Å²) in [4.78, 5) is 2.27. The molecule has 118 valence electrons. The molecule has 1 saturated heterocycles. The maximum absolute atomic E-state index is 13.5. The molecule has 1 fully saturated rings. The summed E-state index contributed by atoms with van der Waals surface area (Å²) < 4.78 is 32.4. The Labute approximate surface area is 124 Å². The zero-order chi connectivity index (χ0) is 15.5. The molecule has 6 heteroatoms. The van der Waals surface area contributed by atoms with Gasteiger partial charge in [-0.15, -0.1) is 0 Å². The molecule has 0 spiro atoms. The van der Waals surface area contributed by atoms with Gasteiger partial charge in [-0.3, -0.25) is 16.2 Å². The minimum atomic E-state index is -0.592. The van der Waals surface area contributed by atoms with Crippen LogP contribution in [0.3, 0.4) is 0 Å². The molecule has 0 aliphatic carbocycles. The van der Waals surface area contributed by atoms with E-state index in [0.29, 0.717) is 18.8 Å². The van der Waals surface area contributed by atoms with Crippen LogP contribution in [0.25, 0.3) is 0 Å². The Hall–Kier alpha value is -1.08. The van der Waals surface area contributed by atoms with Crippen molar-refractivity contribution < 1.29 is 13.5 Å². The molecule has 2 atom stereocenters. The second kappa shape index (κ2) is 6.79. The molecular formula is C15H23F2N3O. The lowest BCUT2D eigenvalue weighted by molar-refractivity contribution is -0.0330. The Bertz CT molecular complexity index is 460. The number of hydrogen-bond donors (Lipinski definition) is 2. The molecule has 1 aromatic carbocycles. The molecule has 2 rings (SSSR count).